The molecule has 140 valence electrons. The van der Waals surface area contributed by atoms with Crippen molar-refractivity contribution in [1.29, 1.82) is 0 Å². The van der Waals surface area contributed by atoms with E-state index >= 15 is 0 Å². The average Bonchev–Trinajstić information content (AvgIpc) is 2.48. The first-order valence-electron chi connectivity index (χ1n) is 7.73. The Hall–Kier alpha value is -1.45. The summed E-state index contributed by atoms with van der Waals surface area (Å²) in [5, 5.41) is -1.54. The highest BCUT2D eigenvalue weighted by Gasteiger charge is 2.53. The highest BCUT2D eigenvalue weighted by molar-refractivity contribution is 7.94. The Morgan fingerprint density at radius 1 is 1.28 bits per heavy atom. The quantitative estimate of drug-likeness (QED) is 0.717. The number of benzene rings is 1. The number of ether oxygens (including phenoxy) is 1. The molecule has 0 aromatic heterocycles. The van der Waals surface area contributed by atoms with Crippen molar-refractivity contribution in [3.63, 3.8) is 0 Å². The van der Waals surface area contributed by atoms with Crippen LogP contribution in [0.4, 0.5) is 0 Å². The molecule has 1 aliphatic rings. The van der Waals surface area contributed by atoms with Gasteiger partial charge in [-0.2, -0.15) is 4.31 Å². The first-order chi connectivity index (χ1) is 11.3. The Morgan fingerprint density at radius 3 is 2.40 bits per heavy atom. The average molecular weight is 389 g/mol. The van der Waals surface area contributed by atoms with Gasteiger partial charge >= 0.3 is 5.97 Å². The van der Waals surface area contributed by atoms with Crippen molar-refractivity contribution in [3.05, 3.63) is 29.3 Å². The van der Waals surface area contributed by atoms with E-state index in [0.29, 0.717) is 5.56 Å². The van der Waals surface area contributed by atoms with Crippen molar-refractivity contribution in [3.8, 4) is 0 Å². The molecule has 0 N–H and O–H groups in total. The van der Waals surface area contributed by atoms with E-state index in [1.54, 1.807) is 19.1 Å². The van der Waals surface area contributed by atoms with E-state index in [0.717, 1.165) is 17.0 Å². The lowest BCUT2D eigenvalue weighted by molar-refractivity contribution is -0.140. The summed E-state index contributed by atoms with van der Waals surface area (Å²) >= 11 is 0. The fourth-order valence-corrected chi connectivity index (χ4v) is 6.82. The van der Waals surface area contributed by atoms with Crippen molar-refractivity contribution in [2.24, 2.45) is 0 Å². The molecule has 1 aromatic rings. The molecule has 1 fully saturated rings. The minimum absolute atomic E-state index is 0.108. The summed E-state index contributed by atoms with van der Waals surface area (Å²) in [5.74, 6) is -0.950. The topological polar surface area (TPSA) is 97.8 Å². The summed E-state index contributed by atoms with van der Waals surface area (Å²) < 4.78 is 55.6. The second-order valence-electron chi connectivity index (χ2n) is 6.88. The Balaban J connectivity index is 2.54. The van der Waals surface area contributed by atoms with Gasteiger partial charge in [0.15, 0.2) is 15.1 Å². The third-order valence-corrected chi connectivity index (χ3v) is 9.22. The number of rotatable bonds is 3. The van der Waals surface area contributed by atoms with E-state index in [-0.39, 0.29) is 11.4 Å². The number of hydrogen-bond acceptors (Lipinski definition) is 6. The van der Waals surface area contributed by atoms with E-state index in [1.807, 2.05) is 6.92 Å². The molecule has 9 heteroatoms. The number of aryl methyl sites for hydroxylation is 2. The second-order valence-corrected chi connectivity index (χ2v) is 11.6. The standard InChI is InChI=1S/C16H23NO6S2/c1-11-6-7-13(12(2)8-11)25(21,22)17-9-14(15(18)23-5)24(19,20)16(3,4)10-17/h6-8,14H,9-10H2,1-5H3. The molecular weight excluding hydrogens is 366 g/mol. The molecule has 1 atom stereocenters. The van der Waals surface area contributed by atoms with Crippen LogP contribution in [0.3, 0.4) is 0 Å². The van der Waals surface area contributed by atoms with Gasteiger partial charge in [0.2, 0.25) is 10.0 Å². The van der Waals surface area contributed by atoms with E-state index in [4.69, 9.17) is 0 Å². The molecule has 1 aromatic carbocycles. The second kappa shape index (κ2) is 6.37. The molecule has 2 rings (SSSR count). The predicted octanol–water partition coefficient (Wildman–Crippen LogP) is 1.04. The Morgan fingerprint density at radius 2 is 1.88 bits per heavy atom. The zero-order valence-corrected chi connectivity index (χ0v) is 16.6. The van der Waals surface area contributed by atoms with Crippen LogP contribution in [-0.4, -0.2) is 57.3 Å². The van der Waals surface area contributed by atoms with E-state index < -0.39 is 42.4 Å². The van der Waals surface area contributed by atoms with Crippen molar-refractivity contribution < 1.29 is 26.4 Å². The van der Waals surface area contributed by atoms with Crippen LogP contribution in [0.2, 0.25) is 0 Å². The maximum Gasteiger partial charge on any atom is 0.325 e. The summed E-state index contributed by atoms with van der Waals surface area (Å²) in [6.07, 6.45) is 0. The van der Waals surface area contributed by atoms with Gasteiger partial charge in [-0.15, -0.1) is 0 Å². The maximum absolute atomic E-state index is 13.1. The lowest BCUT2D eigenvalue weighted by Gasteiger charge is -2.40. The molecule has 0 saturated carbocycles. The predicted molar refractivity (Wildman–Crippen MR) is 93.5 cm³/mol. The number of nitrogens with zero attached hydrogens (tertiary/aromatic N) is 1. The third kappa shape index (κ3) is 3.32. The summed E-state index contributed by atoms with van der Waals surface area (Å²) in [6.45, 7) is 5.70. The van der Waals surface area contributed by atoms with Gasteiger partial charge in [0.1, 0.15) is 0 Å². The van der Waals surface area contributed by atoms with Gasteiger partial charge in [0.25, 0.3) is 0 Å². The number of carbonyl (C=O) groups is 1. The van der Waals surface area contributed by atoms with Gasteiger partial charge in [-0.05, 0) is 39.3 Å². The summed E-state index contributed by atoms with van der Waals surface area (Å²) in [4.78, 5) is 12.1. The number of carbonyl (C=O) groups excluding carboxylic acids is 1. The van der Waals surface area contributed by atoms with Gasteiger partial charge in [0, 0.05) is 13.1 Å². The van der Waals surface area contributed by atoms with Crippen molar-refractivity contribution in [1.82, 2.24) is 4.31 Å². The third-order valence-electron chi connectivity index (χ3n) is 4.48. The zero-order chi connectivity index (χ0) is 19.2. The molecular formula is C16H23NO6S2. The van der Waals surface area contributed by atoms with Gasteiger partial charge in [-0.3, -0.25) is 4.79 Å². The lowest BCUT2D eigenvalue weighted by Crippen LogP contribution is -2.61. The Kier molecular flexibility index (Phi) is 5.06. The molecule has 0 aliphatic carbocycles. The molecule has 1 aliphatic heterocycles. The molecule has 0 amide bonds. The van der Waals surface area contributed by atoms with E-state index in [2.05, 4.69) is 4.74 Å². The van der Waals surface area contributed by atoms with Crippen molar-refractivity contribution in [2.75, 3.05) is 20.2 Å². The molecule has 1 unspecified atom stereocenters. The molecule has 0 spiro atoms. The van der Waals surface area contributed by atoms with Crippen LogP contribution in [-0.2, 0) is 29.4 Å². The molecule has 1 saturated heterocycles. The van der Waals surface area contributed by atoms with Crippen LogP contribution in [0.25, 0.3) is 0 Å². The maximum atomic E-state index is 13.1. The molecule has 0 radical (unpaired) electrons. The monoisotopic (exact) mass is 389 g/mol. The SMILES string of the molecule is COC(=O)C1CN(S(=O)(=O)c2ccc(C)cc2C)CC(C)(C)S1(=O)=O. The number of esters is 1. The van der Waals surface area contributed by atoms with Crippen LogP contribution < -0.4 is 0 Å². The largest absolute Gasteiger partial charge is 0.468 e. The lowest BCUT2D eigenvalue weighted by atomic mass is 10.2. The van der Waals surface area contributed by atoms with Crippen molar-refractivity contribution in [2.45, 2.75) is 42.6 Å². The van der Waals surface area contributed by atoms with Crippen LogP contribution in [0.15, 0.2) is 23.1 Å². The first kappa shape index (κ1) is 19.9. The van der Waals surface area contributed by atoms with Gasteiger partial charge in [-0.1, -0.05) is 17.7 Å². The minimum atomic E-state index is -3.94. The number of methoxy groups -OCH3 is 1. The number of sulfone groups is 1. The fourth-order valence-electron chi connectivity index (χ4n) is 2.99. The normalized spacial score (nSPS) is 23.2. The highest BCUT2D eigenvalue weighted by atomic mass is 32.2. The smallest absolute Gasteiger partial charge is 0.325 e. The number of hydrogen-bond donors (Lipinski definition) is 0. The van der Waals surface area contributed by atoms with Gasteiger partial charge < -0.3 is 4.74 Å². The summed E-state index contributed by atoms with van der Waals surface area (Å²) in [5.41, 5.74) is 1.49. The van der Waals surface area contributed by atoms with E-state index in [9.17, 15) is 21.6 Å². The fraction of sp³-hybridized carbons (Fsp3) is 0.562. The Bertz CT molecular complexity index is 903. The zero-order valence-electron chi connectivity index (χ0n) is 14.9. The van der Waals surface area contributed by atoms with Gasteiger partial charge in [0.05, 0.1) is 16.8 Å². The van der Waals surface area contributed by atoms with Crippen LogP contribution in [0.5, 0.6) is 0 Å². The van der Waals surface area contributed by atoms with Crippen LogP contribution >= 0.6 is 0 Å². The summed E-state index contributed by atoms with van der Waals surface area (Å²) in [7, 11) is -6.74. The van der Waals surface area contributed by atoms with Crippen LogP contribution in [0, 0.1) is 13.8 Å². The number of sulfonamides is 1. The van der Waals surface area contributed by atoms with Crippen LogP contribution in [0.1, 0.15) is 25.0 Å². The Labute approximate surface area is 148 Å². The molecule has 1 heterocycles. The highest BCUT2D eigenvalue weighted by Crippen LogP contribution is 2.33. The summed E-state index contributed by atoms with van der Waals surface area (Å²) in [6, 6.07) is 4.93. The molecule has 0 bridgehead atoms. The molecule has 7 nitrogen and oxygen atoms in total. The van der Waals surface area contributed by atoms with Gasteiger partial charge in [-0.25, -0.2) is 16.8 Å². The first-order valence-corrected chi connectivity index (χ1v) is 10.7. The molecule has 25 heavy (non-hydrogen) atoms. The van der Waals surface area contributed by atoms with Crippen molar-refractivity contribution >= 4 is 25.8 Å². The minimum Gasteiger partial charge on any atom is -0.468 e. The van der Waals surface area contributed by atoms with E-state index in [1.165, 1.54) is 19.9 Å².